The molecule has 1 saturated heterocycles. The summed E-state index contributed by atoms with van der Waals surface area (Å²) >= 11 is 6.32. The monoisotopic (exact) mass is 338 g/mol. The second kappa shape index (κ2) is 6.81. The lowest BCUT2D eigenvalue weighted by Crippen LogP contribution is -2.35. The van der Waals surface area contributed by atoms with Crippen LogP contribution in [0.4, 0.5) is 0 Å². The van der Waals surface area contributed by atoms with Gasteiger partial charge in [0.25, 0.3) is 0 Å². The number of halogens is 1. The van der Waals surface area contributed by atoms with E-state index in [1.54, 1.807) is 4.68 Å². The maximum atomic E-state index is 12.3. The van der Waals surface area contributed by atoms with Crippen molar-refractivity contribution < 1.29 is 4.79 Å². The highest BCUT2D eigenvalue weighted by molar-refractivity contribution is 6.30. The van der Waals surface area contributed by atoms with Crippen LogP contribution in [0.2, 0.25) is 5.15 Å². The molecule has 1 aromatic rings. The number of likely N-dealkylation sites (tertiary alicyclic amines) is 1. The Balaban J connectivity index is 1.56. The van der Waals surface area contributed by atoms with E-state index < -0.39 is 0 Å². The molecule has 23 heavy (non-hydrogen) atoms. The van der Waals surface area contributed by atoms with Crippen molar-refractivity contribution in [3.05, 3.63) is 16.4 Å². The van der Waals surface area contributed by atoms with Crippen LogP contribution in [0.1, 0.15) is 43.4 Å². The molecule has 0 bridgehead atoms. The molecule has 0 spiro atoms. The van der Waals surface area contributed by atoms with Crippen LogP contribution in [0.5, 0.6) is 0 Å². The molecule has 1 amide bonds. The third-order valence-corrected chi connectivity index (χ3v) is 5.74. The number of carbonyl (C=O) groups excluding carboxylic acids is 1. The van der Waals surface area contributed by atoms with Gasteiger partial charge >= 0.3 is 0 Å². The van der Waals surface area contributed by atoms with Crippen LogP contribution >= 0.6 is 11.6 Å². The zero-order valence-corrected chi connectivity index (χ0v) is 15.1. The minimum atomic E-state index is 0.353. The molecule has 5 nitrogen and oxygen atoms in total. The largest absolute Gasteiger partial charge is 0.339 e. The van der Waals surface area contributed by atoms with Gasteiger partial charge in [-0.05, 0) is 32.7 Å². The van der Waals surface area contributed by atoms with Gasteiger partial charge in [0.15, 0.2) is 0 Å². The van der Waals surface area contributed by atoms with E-state index in [-0.39, 0.29) is 0 Å². The van der Waals surface area contributed by atoms with Crippen LogP contribution in [0.25, 0.3) is 0 Å². The molecule has 0 radical (unpaired) electrons. The average Bonchev–Trinajstić information content (AvgIpc) is 3.17. The third-order valence-electron chi connectivity index (χ3n) is 5.27. The Labute approximate surface area is 143 Å². The van der Waals surface area contributed by atoms with E-state index in [0.29, 0.717) is 29.4 Å². The molecule has 2 heterocycles. The fourth-order valence-corrected chi connectivity index (χ4v) is 4.36. The summed E-state index contributed by atoms with van der Waals surface area (Å²) in [4.78, 5) is 16.7. The zero-order valence-electron chi connectivity index (χ0n) is 14.4. The molecule has 2 fully saturated rings. The van der Waals surface area contributed by atoms with Gasteiger partial charge < -0.3 is 9.80 Å². The molecular weight excluding hydrogens is 312 g/mol. The van der Waals surface area contributed by atoms with Gasteiger partial charge in [-0.1, -0.05) is 24.4 Å². The number of amides is 1. The summed E-state index contributed by atoms with van der Waals surface area (Å²) in [5, 5.41) is 5.08. The van der Waals surface area contributed by atoms with Crippen molar-refractivity contribution in [1.82, 2.24) is 19.6 Å². The van der Waals surface area contributed by atoms with Crippen LogP contribution in [-0.2, 0) is 18.4 Å². The fourth-order valence-electron chi connectivity index (χ4n) is 4.13. The summed E-state index contributed by atoms with van der Waals surface area (Å²) in [6.07, 6.45) is 5.63. The molecule has 128 valence electrons. The van der Waals surface area contributed by atoms with Crippen LogP contribution < -0.4 is 0 Å². The first-order chi connectivity index (χ1) is 11.0. The number of carbonyl (C=O) groups is 1. The number of hydrogen-bond donors (Lipinski definition) is 0. The van der Waals surface area contributed by atoms with E-state index in [4.69, 9.17) is 11.6 Å². The van der Waals surface area contributed by atoms with Gasteiger partial charge in [-0.2, -0.15) is 5.10 Å². The van der Waals surface area contributed by atoms with Crippen molar-refractivity contribution in [2.24, 2.45) is 13.0 Å². The lowest BCUT2D eigenvalue weighted by molar-refractivity contribution is -0.129. The summed E-state index contributed by atoms with van der Waals surface area (Å²) in [5.74, 6) is 0.787. The molecule has 1 aliphatic carbocycles. The van der Waals surface area contributed by atoms with E-state index in [0.717, 1.165) is 30.9 Å². The quantitative estimate of drug-likeness (QED) is 0.828. The Bertz CT molecular complexity index is 579. The van der Waals surface area contributed by atoms with Gasteiger partial charge in [-0.3, -0.25) is 9.48 Å². The van der Waals surface area contributed by atoms with Crippen molar-refractivity contribution in [3.63, 3.8) is 0 Å². The highest BCUT2D eigenvalue weighted by Gasteiger charge is 2.35. The van der Waals surface area contributed by atoms with Gasteiger partial charge in [0.1, 0.15) is 5.15 Å². The van der Waals surface area contributed by atoms with Crippen LogP contribution in [0.15, 0.2) is 0 Å². The SMILES string of the molecule is Cc1nn(C)c(Cl)c1CN(C)C[C@H]1CC(=O)N(C2CCCC2)C1. The predicted molar refractivity (Wildman–Crippen MR) is 91.4 cm³/mol. The minimum Gasteiger partial charge on any atom is -0.339 e. The van der Waals surface area contributed by atoms with Gasteiger partial charge in [0.05, 0.1) is 5.69 Å². The first-order valence-electron chi connectivity index (χ1n) is 8.61. The molecule has 3 rings (SSSR count). The van der Waals surface area contributed by atoms with Crippen LogP contribution in [0.3, 0.4) is 0 Å². The number of rotatable bonds is 5. The fraction of sp³-hybridized carbons (Fsp3) is 0.765. The standard InChI is InChI=1S/C17H27ClN4O/c1-12-15(17(18)21(3)19-12)11-20(2)9-13-8-16(23)22(10-13)14-6-4-5-7-14/h13-14H,4-11H2,1-3H3/t13-/m1/s1. The van der Waals surface area contributed by atoms with Crippen molar-refractivity contribution in [2.75, 3.05) is 20.1 Å². The van der Waals surface area contributed by atoms with E-state index in [9.17, 15) is 4.79 Å². The Kier molecular flexibility index (Phi) is 4.97. The van der Waals surface area contributed by atoms with Gasteiger partial charge in [-0.25, -0.2) is 0 Å². The van der Waals surface area contributed by atoms with Crippen molar-refractivity contribution >= 4 is 17.5 Å². The van der Waals surface area contributed by atoms with E-state index in [1.165, 1.54) is 25.7 Å². The summed E-state index contributed by atoms with van der Waals surface area (Å²) in [7, 11) is 3.97. The zero-order chi connectivity index (χ0) is 16.6. The van der Waals surface area contributed by atoms with Crippen molar-refractivity contribution in [3.8, 4) is 0 Å². The van der Waals surface area contributed by atoms with Gasteiger partial charge in [0, 0.05) is 44.7 Å². The van der Waals surface area contributed by atoms with Crippen LogP contribution in [0, 0.1) is 12.8 Å². The highest BCUT2D eigenvalue weighted by Crippen LogP contribution is 2.30. The molecule has 6 heteroatoms. The number of hydrogen-bond acceptors (Lipinski definition) is 3. The normalized spacial score (nSPS) is 22.7. The lowest BCUT2D eigenvalue weighted by atomic mass is 10.1. The topological polar surface area (TPSA) is 41.4 Å². The van der Waals surface area contributed by atoms with Crippen LogP contribution in [-0.4, -0.2) is 51.7 Å². The minimum absolute atomic E-state index is 0.353. The summed E-state index contributed by atoms with van der Waals surface area (Å²) < 4.78 is 1.72. The van der Waals surface area contributed by atoms with Crippen molar-refractivity contribution in [2.45, 2.75) is 51.6 Å². The summed E-state index contributed by atoms with van der Waals surface area (Å²) in [5.41, 5.74) is 2.08. The number of aryl methyl sites for hydroxylation is 2. The molecule has 0 unspecified atom stereocenters. The Hall–Kier alpha value is -1.07. The van der Waals surface area contributed by atoms with Crippen molar-refractivity contribution in [1.29, 1.82) is 0 Å². The molecule has 2 aliphatic rings. The average molecular weight is 339 g/mol. The predicted octanol–water partition coefficient (Wildman–Crippen LogP) is 2.60. The molecule has 1 saturated carbocycles. The lowest BCUT2D eigenvalue weighted by Gasteiger charge is -2.25. The molecule has 0 aromatic carbocycles. The Morgan fingerprint density at radius 1 is 1.35 bits per heavy atom. The first-order valence-corrected chi connectivity index (χ1v) is 8.99. The second-order valence-electron chi connectivity index (χ2n) is 7.23. The van der Waals surface area contributed by atoms with E-state index in [2.05, 4.69) is 21.9 Å². The number of nitrogens with zero attached hydrogens (tertiary/aromatic N) is 4. The second-order valence-corrected chi connectivity index (χ2v) is 7.59. The summed E-state index contributed by atoms with van der Waals surface area (Å²) in [6, 6.07) is 0.507. The van der Waals surface area contributed by atoms with E-state index >= 15 is 0 Å². The third kappa shape index (κ3) is 3.56. The van der Waals surface area contributed by atoms with E-state index in [1.807, 2.05) is 14.0 Å². The number of aromatic nitrogens is 2. The molecule has 1 atom stereocenters. The Morgan fingerprint density at radius 3 is 2.65 bits per heavy atom. The Morgan fingerprint density at radius 2 is 2.04 bits per heavy atom. The molecular formula is C17H27ClN4O. The summed E-state index contributed by atoms with van der Waals surface area (Å²) in [6.45, 7) is 4.63. The maximum absolute atomic E-state index is 12.3. The molecule has 1 aliphatic heterocycles. The maximum Gasteiger partial charge on any atom is 0.223 e. The highest BCUT2D eigenvalue weighted by atomic mass is 35.5. The molecule has 1 aromatic heterocycles. The molecule has 0 N–H and O–H groups in total. The smallest absolute Gasteiger partial charge is 0.223 e. The van der Waals surface area contributed by atoms with Gasteiger partial charge in [0.2, 0.25) is 5.91 Å². The first kappa shape index (κ1) is 16.8. The van der Waals surface area contributed by atoms with Gasteiger partial charge in [-0.15, -0.1) is 0 Å².